The van der Waals surface area contributed by atoms with E-state index in [1.54, 1.807) is 24.3 Å². The van der Waals surface area contributed by atoms with Gasteiger partial charge in [-0.3, -0.25) is 0 Å². The zero-order valence-electron chi connectivity index (χ0n) is 12.9. The van der Waals surface area contributed by atoms with Crippen LogP contribution in [0.4, 0.5) is 0 Å². The van der Waals surface area contributed by atoms with E-state index in [9.17, 15) is 4.79 Å². The van der Waals surface area contributed by atoms with Crippen molar-refractivity contribution >= 4 is 17.6 Å². The summed E-state index contributed by atoms with van der Waals surface area (Å²) < 4.78 is 10.8. The van der Waals surface area contributed by atoms with E-state index in [4.69, 9.17) is 21.1 Å². The standard InChI is InChI=1S/C18H19ClO3/c1-12(2)16-9-4-13(3)10-17(16)22-18(20)11-21-15-7-5-14(19)6-8-15/h4-10,12H,11H2,1-3H3. The lowest BCUT2D eigenvalue weighted by Gasteiger charge is -2.14. The zero-order chi connectivity index (χ0) is 16.1. The van der Waals surface area contributed by atoms with Crippen LogP contribution >= 0.6 is 11.6 Å². The second-order valence-corrected chi connectivity index (χ2v) is 5.85. The van der Waals surface area contributed by atoms with Gasteiger partial charge in [0.2, 0.25) is 0 Å². The molecule has 0 aromatic heterocycles. The van der Waals surface area contributed by atoms with E-state index in [2.05, 4.69) is 13.8 Å². The van der Waals surface area contributed by atoms with Crippen LogP contribution in [0, 0.1) is 6.92 Å². The Morgan fingerprint density at radius 3 is 2.45 bits per heavy atom. The molecule has 0 bridgehead atoms. The van der Waals surface area contributed by atoms with Gasteiger partial charge in [0.25, 0.3) is 0 Å². The normalized spacial score (nSPS) is 10.6. The lowest BCUT2D eigenvalue weighted by molar-refractivity contribution is -0.136. The first-order chi connectivity index (χ1) is 10.5. The number of halogens is 1. The minimum atomic E-state index is -0.428. The van der Waals surface area contributed by atoms with Crippen molar-refractivity contribution in [1.82, 2.24) is 0 Å². The van der Waals surface area contributed by atoms with E-state index in [0.29, 0.717) is 16.5 Å². The van der Waals surface area contributed by atoms with Gasteiger partial charge in [0.1, 0.15) is 11.5 Å². The van der Waals surface area contributed by atoms with Crippen molar-refractivity contribution in [3.8, 4) is 11.5 Å². The molecular formula is C18H19ClO3. The molecule has 0 atom stereocenters. The Morgan fingerprint density at radius 1 is 1.14 bits per heavy atom. The molecule has 3 nitrogen and oxygen atoms in total. The maximum Gasteiger partial charge on any atom is 0.349 e. The van der Waals surface area contributed by atoms with Gasteiger partial charge < -0.3 is 9.47 Å². The lowest BCUT2D eigenvalue weighted by atomic mass is 10.0. The van der Waals surface area contributed by atoms with Crippen LogP contribution < -0.4 is 9.47 Å². The Morgan fingerprint density at radius 2 is 1.82 bits per heavy atom. The second-order valence-electron chi connectivity index (χ2n) is 5.41. The average Bonchev–Trinajstić information content (AvgIpc) is 2.46. The van der Waals surface area contributed by atoms with Crippen LogP contribution in [0.3, 0.4) is 0 Å². The SMILES string of the molecule is Cc1ccc(C(C)C)c(OC(=O)COc2ccc(Cl)cc2)c1. The molecule has 0 heterocycles. The number of rotatable bonds is 5. The molecule has 0 unspecified atom stereocenters. The van der Waals surface area contributed by atoms with Gasteiger partial charge in [-0.05, 0) is 54.3 Å². The number of carbonyl (C=O) groups is 1. The Hall–Kier alpha value is -2.00. The third kappa shape index (κ3) is 4.50. The predicted molar refractivity (Wildman–Crippen MR) is 87.9 cm³/mol. The molecule has 0 saturated carbocycles. The fourth-order valence-corrected chi connectivity index (χ4v) is 2.16. The highest BCUT2D eigenvalue weighted by Crippen LogP contribution is 2.27. The van der Waals surface area contributed by atoms with E-state index in [-0.39, 0.29) is 12.5 Å². The highest BCUT2D eigenvalue weighted by atomic mass is 35.5. The summed E-state index contributed by atoms with van der Waals surface area (Å²) in [6, 6.07) is 12.7. The molecule has 0 aliphatic rings. The fourth-order valence-electron chi connectivity index (χ4n) is 2.03. The molecule has 0 fully saturated rings. The van der Waals surface area contributed by atoms with Crippen LogP contribution in [0.15, 0.2) is 42.5 Å². The van der Waals surface area contributed by atoms with Gasteiger partial charge in [0, 0.05) is 5.02 Å². The fraction of sp³-hybridized carbons (Fsp3) is 0.278. The number of hydrogen-bond donors (Lipinski definition) is 0. The first-order valence-electron chi connectivity index (χ1n) is 7.15. The molecule has 0 N–H and O–H groups in total. The third-order valence-corrected chi connectivity index (χ3v) is 3.44. The summed E-state index contributed by atoms with van der Waals surface area (Å²) in [5.74, 6) is 1.03. The largest absolute Gasteiger partial charge is 0.482 e. The number of aryl methyl sites for hydroxylation is 1. The van der Waals surface area contributed by atoms with Crippen LogP contribution in [0.5, 0.6) is 11.5 Å². The monoisotopic (exact) mass is 318 g/mol. The summed E-state index contributed by atoms with van der Waals surface area (Å²) in [6.45, 7) is 5.94. The summed E-state index contributed by atoms with van der Waals surface area (Å²) in [5, 5.41) is 0.622. The molecule has 22 heavy (non-hydrogen) atoms. The summed E-state index contributed by atoms with van der Waals surface area (Å²) >= 11 is 5.80. The van der Waals surface area contributed by atoms with Crippen LogP contribution in [-0.4, -0.2) is 12.6 Å². The van der Waals surface area contributed by atoms with Crippen molar-refractivity contribution in [2.45, 2.75) is 26.7 Å². The van der Waals surface area contributed by atoms with E-state index in [1.807, 2.05) is 25.1 Å². The highest BCUT2D eigenvalue weighted by Gasteiger charge is 2.13. The Kier molecular flexibility index (Phi) is 5.45. The molecule has 0 spiro atoms. The van der Waals surface area contributed by atoms with Crippen LogP contribution in [-0.2, 0) is 4.79 Å². The number of ether oxygens (including phenoxy) is 2. The van der Waals surface area contributed by atoms with E-state index < -0.39 is 5.97 Å². The lowest BCUT2D eigenvalue weighted by Crippen LogP contribution is -2.18. The second kappa shape index (κ2) is 7.32. The number of hydrogen-bond acceptors (Lipinski definition) is 3. The van der Waals surface area contributed by atoms with Crippen molar-refractivity contribution < 1.29 is 14.3 Å². The third-order valence-electron chi connectivity index (χ3n) is 3.19. The topological polar surface area (TPSA) is 35.5 Å². The quantitative estimate of drug-likeness (QED) is 0.589. The van der Waals surface area contributed by atoms with Gasteiger partial charge in [0.15, 0.2) is 6.61 Å². The molecule has 0 amide bonds. The summed E-state index contributed by atoms with van der Waals surface area (Å²) in [6.07, 6.45) is 0. The minimum Gasteiger partial charge on any atom is -0.482 e. The Balaban J connectivity index is 2.00. The van der Waals surface area contributed by atoms with Crippen molar-refractivity contribution in [1.29, 1.82) is 0 Å². The number of carbonyl (C=O) groups excluding carboxylic acids is 1. The Labute approximate surface area is 135 Å². The van der Waals surface area contributed by atoms with E-state index in [0.717, 1.165) is 11.1 Å². The van der Waals surface area contributed by atoms with E-state index in [1.165, 1.54) is 0 Å². The van der Waals surface area contributed by atoms with Crippen LogP contribution in [0.25, 0.3) is 0 Å². The van der Waals surface area contributed by atoms with Crippen molar-refractivity contribution in [3.63, 3.8) is 0 Å². The van der Waals surface area contributed by atoms with Crippen molar-refractivity contribution in [2.24, 2.45) is 0 Å². The first kappa shape index (κ1) is 16.4. The van der Waals surface area contributed by atoms with Crippen molar-refractivity contribution in [3.05, 3.63) is 58.6 Å². The highest BCUT2D eigenvalue weighted by molar-refractivity contribution is 6.30. The maximum atomic E-state index is 12.0. The first-order valence-corrected chi connectivity index (χ1v) is 7.53. The van der Waals surface area contributed by atoms with Gasteiger partial charge in [-0.2, -0.15) is 0 Å². The van der Waals surface area contributed by atoms with Gasteiger partial charge >= 0.3 is 5.97 Å². The van der Waals surface area contributed by atoms with Gasteiger partial charge in [-0.1, -0.05) is 37.6 Å². The number of benzene rings is 2. The van der Waals surface area contributed by atoms with Crippen LogP contribution in [0.2, 0.25) is 5.02 Å². The number of esters is 1. The van der Waals surface area contributed by atoms with Crippen molar-refractivity contribution in [2.75, 3.05) is 6.61 Å². The van der Waals surface area contributed by atoms with Crippen LogP contribution in [0.1, 0.15) is 30.9 Å². The molecule has 2 aromatic rings. The molecule has 2 aromatic carbocycles. The summed E-state index contributed by atoms with van der Waals surface area (Å²) in [4.78, 5) is 12.0. The predicted octanol–water partition coefficient (Wildman–Crippen LogP) is 4.76. The molecule has 2 rings (SSSR count). The smallest absolute Gasteiger partial charge is 0.349 e. The maximum absolute atomic E-state index is 12.0. The molecular weight excluding hydrogens is 300 g/mol. The Bertz CT molecular complexity index is 648. The van der Waals surface area contributed by atoms with Gasteiger partial charge in [-0.25, -0.2) is 4.79 Å². The molecule has 0 aliphatic carbocycles. The molecule has 0 aliphatic heterocycles. The minimum absolute atomic E-state index is 0.146. The summed E-state index contributed by atoms with van der Waals surface area (Å²) in [5.41, 5.74) is 2.05. The van der Waals surface area contributed by atoms with Gasteiger partial charge in [-0.15, -0.1) is 0 Å². The zero-order valence-corrected chi connectivity index (χ0v) is 13.7. The molecule has 116 valence electrons. The van der Waals surface area contributed by atoms with Gasteiger partial charge in [0.05, 0.1) is 0 Å². The van der Waals surface area contributed by atoms with E-state index >= 15 is 0 Å². The molecule has 4 heteroatoms. The molecule has 0 saturated heterocycles. The summed E-state index contributed by atoms with van der Waals surface area (Å²) in [7, 11) is 0. The molecule has 0 radical (unpaired) electrons. The average molecular weight is 319 g/mol.